The molecule has 0 aliphatic heterocycles. The molecule has 9 nitrogen and oxygen atoms in total. The monoisotopic (exact) mass is 1230 g/mol. The maximum atomic E-state index is 12.9. The highest BCUT2D eigenvalue weighted by Crippen LogP contribution is 2.16. The van der Waals surface area contributed by atoms with Gasteiger partial charge in [0.05, 0.1) is 34.4 Å². The minimum Gasteiger partial charge on any atom is -0.477 e. The smallest absolute Gasteiger partial charge is 0.361 e. The SMILES string of the molecule is CC/C=C\C/C=C\C/C=C\C/C=C\C/C=C\C/C=C\C/C=C\C/C=C\CCCCCCCCCCCCCCCCCCC(=O)OC(COC(=O)CCC/C=C\C/C=C\C/C=C\C/C=C\C/C=C\C/C=C\C/C=C\CC)COC(OCC[N+](C)(C)C)C(=O)O. The zero-order valence-corrected chi connectivity index (χ0v) is 57.0. The Bertz CT molecular complexity index is 2120. The molecule has 0 aromatic heterocycles. The summed E-state index contributed by atoms with van der Waals surface area (Å²) < 4.78 is 22.9. The summed E-state index contributed by atoms with van der Waals surface area (Å²) in [6, 6.07) is 0. The lowest BCUT2D eigenvalue weighted by atomic mass is 10.0. The van der Waals surface area contributed by atoms with Crippen LogP contribution in [0.25, 0.3) is 0 Å². The number of quaternary nitrogens is 1. The fourth-order valence-electron chi connectivity index (χ4n) is 8.90. The zero-order valence-electron chi connectivity index (χ0n) is 57.0. The number of hydrogen-bond acceptors (Lipinski definition) is 7. The van der Waals surface area contributed by atoms with Crippen molar-refractivity contribution in [1.82, 2.24) is 0 Å². The highest BCUT2D eigenvalue weighted by atomic mass is 16.7. The summed E-state index contributed by atoms with van der Waals surface area (Å²) in [7, 11) is 5.95. The molecule has 9 heteroatoms. The van der Waals surface area contributed by atoms with Gasteiger partial charge in [0.25, 0.3) is 6.29 Å². The molecule has 0 spiro atoms. The molecule has 89 heavy (non-hydrogen) atoms. The molecule has 0 aliphatic carbocycles. The molecule has 2 atom stereocenters. The number of nitrogens with zero attached hydrogens (tertiary/aromatic N) is 1. The van der Waals surface area contributed by atoms with Crippen LogP contribution in [0.4, 0.5) is 0 Å². The first-order chi connectivity index (χ1) is 43.6. The molecule has 0 fully saturated rings. The van der Waals surface area contributed by atoms with E-state index >= 15 is 0 Å². The molecule has 0 aromatic rings. The number of carbonyl (C=O) groups excluding carboxylic acids is 2. The van der Waals surface area contributed by atoms with Crippen LogP contribution in [0.3, 0.4) is 0 Å². The van der Waals surface area contributed by atoms with Crippen molar-refractivity contribution in [3.05, 3.63) is 182 Å². The van der Waals surface area contributed by atoms with Gasteiger partial charge in [-0.15, -0.1) is 0 Å². The van der Waals surface area contributed by atoms with Gasteiger partial charge < -0.3 is 28.5 Å². The quantitative estimate of drug-likeness (QED) is 0.0211. The number of hydrogen-bond donors (Lipinski definition) is 1. The first-order valence-corrected chi connectivity index (χ1v) is 34.9. The molecule has 0 saturated heterocycles. The molecule has 1 N–H and O–H groups in total. The van der Waals surface area contributed by atoms with Crippen molar-refractivity contribution in [2.24, 2.45) is 0 Å². The van der Waals surface area contributed by atoms with Gasteiger partial charge in [0.15, 0.2) is 6.10 Å². The number of carbonyl (C=O) groups is 3. The summed E-state index contributed by atoms with van der Waals surface area (Å²) in [6.07, 6.45) is 102. The summed E-state index contributed by atoms with van der Waals surface area (Å²) in [4.78, 5) is 37.6. The normalized spacial score (nSPS) is 13.9. The number of unbranched alkanes of at least 4 members (excludes halogenated alkanes) is 17. The van der Waals surface area contributed by atoms with Crippen molar-refractivity contribution < 1.29 is 42.9 Å². The third-order valence-corrected chi connectivity index (χ3v) is 14.2. The number of esters is 2. The number of carboxylic acid groups (broad SMARTS) is 1. The molecule has 0 rings (SSSR count). The first kappa shape index (κ1) is 83.4. The van der Waals surface area contributed by atoms with Crippen LogP contribution < -0.4 is 0 Å². The Morgan fingerprint density at radius 1 is 0.337 bits per heavy atom. The van der Waals surface area contributed by atoms with Crippen LogP contribution >= 0.6 is 0 Å². The zero-order chi connectivity index (χ0) is 64.7. The van der Waals surface area contributed by atoms with Crippen LogP contribution in [-0.4, -0.2) is 87.4 Å². The summed E-state index contributed by atoms with van der Waals surface area (Å²) in [5.74, 6) is -2.10. The van der Waals surface area contributed by atoms with E-state index in [0.717, 1.165) is 122 Å². The minimum absolute atomic E-state index is 0.170. The Labute approximate surface area is 545 Å². The Kier molecular flexibility index (Phi) is 64.0. The molecular weight excluding hydrogens is 1100 g/mol. The van der Waals surface area contributed by atoms with Gasteiger partial charge in [-0.3, -0.25) is 9.59 Å². The van der Waals surface area contributed by atoms with Crippen molar-refractivity contribution in [3.8, 4) is 0 Å². The van der Waals surface area contributed by atoms with Gasteiger partial charge in [-0.05, 0) is 128 Å². The van der Waals surface area contributed by atoms with Gasteiger partial charge in [-0.1, -0.05) is 286 Å². The maximum absolute atomic E-state index is 12.9. The molecule has 0 saturated carbocycles. The third-order valence-electron chi connectivity index (χ3n) is 14.2. The lowest BCUT2D eigenvalue weighted by Crippen LogP contribution is -2.40. The van der Waals surface area contributed by atoms with E-state index in [1.165, 1.54) is 83.5 Å². The van der Waals surface area contributed by atoms with Crippen LogP contribution in [-0.2, 0) is 33.3 Å². The predicted molar refractivity (Wildman–Crippen MR) is 382 cm³/mol. The van der Waals surface area contributed by atoms with Crippen LogP contribution in [0.5, 0.6) is 0 Å². The maximum Gasteiger partial charge on any atom is 0.361 e. The van der Waals surface area contributed by atoms with E-state index < -0.39 is 30.3 Å². The first-order valence-electron chi connectivity index (χ1n) is 34.9. The molecule has 0 radical (unpaired) electrons. The molecule has 0 amide bonds. The van der Waals surface area contributed by atoms with Crippen LogP contribution in [0.15, 0.2) is 182 Å². The van der Waals surface area contributed by atoms with Crippen LogP contribution in [0.2, 0.25) is 0 Å². The lowest BCUT2D eigenvalue weighted by Gasteiger charge is -2.25. The minimum atomic E-state index is -1.53. The summed E-state index contributed by atoms with van der Waals surface area (Å²) in [5.41, 5.74) is 0. The molecule has 0 aliphatic rings. The Morgan fingerprint density at radius 2 is 0.618 bits per heavy atom. The Morgan fingerprint density at radius 3 is 0.933 bits per heavy atom. The van der Waals surface area contributed by atoms with Gasteiger partial charge in [0.1, 0.15) is 13.2 Å². The van der Waals surface area contributed by atoms with Gasteiger partial charge in [0, 0.05) is 12.8 Å². The second-order valence-electron chi connectivity index (χ2n) is 23.7. The Balaban J connectivity index is 4.17. The van der Waals surface area contributed by atoms with Crippen molar-refractivity contribution in [2.45, 2.75) is 257 Å². The van der Waals surface area contributed by atoms with E-state index in [-0.39, 0.29) is 32.7 Å². The topological polar surface area (TPSA) is 108 Å². The largest absolute Gasteiger partial charge is 0.477 e. The number of likely N-dealkylation sites (N-methyl/N-ethyl adjacent to an activating group) is 1. The van der Waals surface area contributed by atoms with E-state index in [1.807, 2.05) is 21.1 Å². The van der Waals surface area contributed by atoms with Gasteiger partial charge in [0.2, 0.25) is 0 Å². The molecule has 0 aromatic carbocycles. The predicted octanol–water partition coefficient (Wildman–Crippen LogP) is 22.0. The molecule has 0 heterocycles. The van der Waals surface area contributed by atoms with Crippen LogP contribution in [0.1, 0.15) is 245 Å². The highest BCUT2D eigenvalue weighted by Gasteiger charge is 2.25. The van der Waals surface area contributed by atoms with Gasteiger partial charge >= 0.3 is 17.9 Å². The number of aliphatic carboxylic acids is 1. The van der Waals surface area contributed by atoms with E-state index in [9.17, 15) is 19.5 Å². The standard InChI is InChI=1S/C80H127NO8/c1-6-8-10-12-14-16-18-20-22-24-26-28-30-31-32-33-34-35-36-37-38-39-40-41-42-43-44-45-46-47-49-51-53-55-57-59-61-63-65-67-69-71-78(83)89-76(75-88-80(79(84)85)86-73-72-81(3,4)5)74-87-77(82)70-68-66-64-62-60-58-56-54-52-50-48-29-27-25-23-21-19-17-15-13-11-9-7-2/h8-11,14-17,20-23,26-29,31-32,34-35,37-38,40-41,50,52,56,58,62,64,76,80H,6-7,12-13,18-19,24-25,30,33,36,39,42-49,51,53-55,57,59-61,63,65-75H2,1-5H3/p+1/b10-8-,11-9-,16-14-,17-15-,22-20-,23-21-,28-26-,29-27-,32-31-,35-34-,38-37-,41-40-,52-50-,58-56-,64-62-. The fourth-order valence-corrected chi connectivity index (χ4v) is 8.90. The molecule has 500 valence electrons. The lowest BCUT2D eigenvalue weighted by molar-refractivity contribution is -0.870. The van der Waals surface area contributed by atoms with E-state index in [1.54, 1.807) is 0 Å². The highest BCUT2D eigenvalue weighted by molar-refractivity contribution is 5.71. The van der Waals surface area contributed by atoms with Crippen molar-refractivity contribution in [3.63, 3.8) is 0 Å². The van der Waals surface area contributed by atoms with Gasteiger partial charge in [-0.25, -0.2) is 4.79 Å². The average Bonchev–Trinajstić information content (AvgIpc) is 3.64. The van der Waals surface area contributed by atoms with E-state index in [2.05, 4.69) is 196 Å². The third kappa shape index (κ3) is 69.7. The number of carboxylic acids is 1. The van der Waals surface area contributed by atoms with Crippen molar-refractivity contribution >= 4 is 17.9 Å². The summed E-state index contributed by atoms with van der Waals surface area (Å²) in [6.45, 7) is 4.57. The summed E-state index contributed by atoms with van der Waals surface area (Å²) >= 11 is 0. The number of allylic oxidation sites excluding steroid dienone is 30. The Hall–Kier alpha value is -5.61. The molecule has 0 bridgehead atoms. The van der Waals surface area contributed by atoms with Crippen molar-refractivity contribution in [1.29, 1.82) is 0 Å². The molecule has 2 unspecified atom stereocenters. The second kappa shape index (κ2) is 68.3. The number of rotatable bonds is 62. The van der Waals surface area contributed by atoms with E-state index in [0.29, 0.717) is 23.9 Å². The fraction of sp³-hybridized carbons (Fsp3) is 0.588. The van der Waals surface area contributed by atoms with E-state index in [4.69, 9.17) is 18.9 Å². The number of ether oxygens (including phenoxy) is 4. The van der Waals surface area contributed by atoms with Gasteiger partial charge in [-0.2, -0.15) is 0 Å². The average molecular weight is 1230 g/mol. The molecular formula is C80H128NO8+. The van der Waals surface area contributed by atoms with Crippen LogP contribution in [0, 0.1) is 0 Å². The van der Waals surface area contributed by atoms with Crippen molar-refractivity contribution in [2.75, 3.05) is 47.5 Å². The summed E-state index contributed by atoms with van der Waals surface area (Å²) in [5, 5.41) is 9.74. The second-order valence-corrected chi connectivity index (χ2v) is 23.7.